The molecule has 1 aromatic carbocycles. The van der Waals surface area contributed by atoms with Gasteiger partial charge in [0, 0.05) is 25.7 Å². The minimum absolute atomic E-state index is 0.00896. The quantitative estimate of drug-likeness (QED) is 0.0983. The average molecular weight is 781 g/mol. The van der Waals surface area contributed by atoms with E-state index >= 15 is 0 Å². The number of esters is 2. The van der Waals surface area contributed by atoms with E-state index in [1.54, 1.807) is 25.8 Å². The Morgan fingerprint density at radius 3 is 2.45 bits per heavy atom. The third-order valence-corrected chi connectivity index (χ3v) is 12.6. The van der Waals surface area contributed by atoms with Gasteiger partial charge in [-0.25, -0.2) is 0 Å². The molecule has 0 spiro atoms. The summed E-state index contributed by atoms with van der Waals surface area (Å²) in [6.45, 7) is 9.56. The summed E-state index contributed by atoms with van der Waals surface area (Å²) in [6.07, 6.45) is 13.4. The van der Waals surface area contributed by atoms with Crippen LogP contribution in [0.1, 0.15) is 136 Å². The Labute approximate surface area is 332 Å². The summed E-state index contributed by atoms with van der Waals surface area (Å²) < 4.78 is 31.4. The summed E-state index contributed by atoms with van der Waals surface area (Å²) in [5, 5.41) is 15.1. The van der Waals surface area contributed by atoms with E-state index in [-0.39, 0.29) is 25.8 Å². The van der Waals surface area contributed by atoms with Gasteiger partial charge in [-0.3, -0.25) is 19.2 Å². The third kappa shape index (κ3) is 8.76. The van der Waals surface area contributed by atoms with Crippen molar-refractivity contribution < 1.29 is 48.0 Å². The second kappa shape index (κ2) is 17.2. The number of amides is 1. The number of nitrogens with zero attached hydrogens (tertiary/aromatic N) is 1. The average Bonchev–Trinajstić information content (AvgIpc) is 3.70. The number of benzene rings is 1. The van der Waals surface area contributed by atoms with Crippen molar-refractivity contribution in [3.63, 3.8) is 0 Å². The summed E-state index contributed by atoms with van der Waals surface area (Å²) in [6, 6.07) is 6.23. The third-order valence-electron chi connectivity index (χ3n) is 12.6. The SMILES string of the molecule is CCCCCC1(CCCCC)O[C@@H]2[C@H](O1)[C@H]1ON(Cc3ccccc3C=CC3CCC4OC4C3)[C@@H]3C(=O)O[C@@H]2C[C@]13C(=O)N[C@H](CO)CCC(=O)OC(C)(C)C. The maximum atomic E-state index is 15.0. The van der Waals surface area contributed by atoms with Gasteiger partial charge in [0.15, 0.2) is 11.8 Å². The number of carbonyl (C=O) groups excluding carboxylic acids is 3. The van der Waals surface area contributed by atoms with Crippen LogP contribution >= 0.6 is 0 Å². The Hall–Kier alpha value is -2.87. The smallest absolute Gasteiger partial charge is 0.327 e. The fourth-order valence-corrected chi connectivity index (χ4v) is 9.77. The largest absolute Gasteiger partial charge is 0.460 e. The van der Waals surface area contributed by atoms with Crippen molar-refractivity contribution in [3.05, 3.63) is 41.5 Å². The zero-order valence-electron chi connectivity index (χ0n) is 34.0. The number of rotatable bonds is 18. The molecule has 12 heteroatoms. The molecule has 6 aliphatic rings. The molecule has 1 amide bonds. The Morgan fingerprint density at radius 2 is 1.75 bits per heavy atom. The van der Waals surface area contributed by atoms with Crippen molar-refractivity contribution in [3.8, 4) is 0 Å². The highest BCUT2D eigenvalue weighted by Gasteiger charge is 2.76. The fraction of sp³-hybridized carbons (Fsp3) is 0.750. The van der Waals surface area contributed by atoms with Crippen LogP contribution in [0.3, 0.4) is 0 Å². The van der Waals surface area contributed by atoms with Gasteiger partial charge in [-0.15, -0.1) is 0 Å². The number of fused-ring (bicyclic) bond motifs is 5. The van der Waals surface area contributed by atoms with Crippen molar-refractivity contribution in [2.24, 2.45) is 11.3 Å². The van der Waals surface area contributed by atoms with E-state index in [1.165, 1.54) is 0 Å². The van der Waals surface area contributed by atoms with E-state index in [0.29, 0.717) is 31.0 Å². The van der Waals surface area contributed by atoms with Crippen molar-refractivity contribution in [1.82, 2.24) is 10.4 Å². The van der Waals surface area contributed by atoms with Crippen LogP contribution in [0.25, 0.3) is 6.08 Å². The Balaban J connectivity index is 1.18. The van der Waals surface area contributed by atoms with Crippen LogP contribution < -0.4 is 5.32 Å². The molecule has 310 valence electrons. The van der Waals surface area contributed by atoms with E-state index in [0.717, 1.165) is 68.9 Å². The molecule has 0 aromatic heterocycles. The van der Waals surface area contributed by atoms with Gasteiger partial charge >= 0.3 is 11.9 Å². The number of hydrogen-bond donors (Lipinski definition) is 2. The van der Waals surface area contributed by atoms with E-state index in [1.807, 2.05) is 18.2 Å². The molecule has 7 rings (SSSR count). The number of allylic oxidation sites excluding steroid dienone is 1. The number of aliphatic hydroxyl groups is 1. The maximum Gasteiger partial charge on any atom is 0.327 e. The summed E-state index contributed by atoms with van der Waals surface area (Å²) in [5.74, 6) is -1.83. The monoisotopic (exact) mass is 780 g/mol. The normalized spacial score (nSPS) is 33.4. The Morgan fingerprint density at radius 1 is 1.02 bits per heavy atom. The lowest BCUT2D eigenvalue weighted by atomic mass is 9.62. The van der Waals surface area contributed by atoms with Crippen LogP contribution in [-0.4, -0.2) is 94.7 Å². The molecule has 56 heavy (non-hydrogen) atoms. The van der Waals surface area contributed by atoms with Crippen molar-refractivity contribution >= 4 is 23.9 Å². The zero-order chi connectivity index (χ0) is 39.7. The summed E-state index contributed by atoms with van der Waals surface area (Å²) >= 11 is 0. The molecule has 4 heterocycles. The van der Waals surface area contributed by atoms with Gasteiger partial charge in [0.25, 0.3) is 0 Å². The summed E-state index contributed by atoms with van der Waals surface area (Å²) in [7, 11) is 0. The Bertz CT molecular complexity index is 1580. The molecule has 2 aliphatic carbocycles. The fourth-order valence-electron chi connectivity index (χ4n) is 9.77. The number of ether oxygens (including phenoxy) is 5. The summed E-state index contributed by atoms with van der Waals surface area (Å²) in [5.41, 5.74) is -0.101. The van der Waals surface area contributed by atoms with Gasteiger partial charge < -0.3 is 34.1 Å². The molecule has 2 bridgehead atoms. The molecule has 4 aliphatic heterocycles. The van der Waals surface area contributed by atoms with Crippen molar-refractivity contribution in [2.45, 2.75) is 191 Å². The molecular weight excluding hydrogens is 716 g/mol. The lowest BCUT2D eigenvalue weighted by Gasteiger charge is -2.49. The number of hydrogen-bond acceptors (Lipinski definition) is 11. The van der Waals surface area contributed by atoms with Crippen LogP contribution in [0.15, 0.2) is 30.3 Å². The van der Waals surface area contributed by atoms with Gasteiger partial charge in [-0.2, -0.15) is 5.06 Å². The first-order valence-electron chi connectivity index (χ1n) is 21.4. The molecule has 2 N–H and O–H groups in total. The van der Waals surface area contributed by atoms with Gasteiger partial charge in [-0.05, 0) is 76.3 Å². The first kappa shape index (κ1) is 41.3. The number of nitrogens with one attached hydrogen (secondary N) is 1. The topological polar surface area (TPSA) is 145 Å². The van der Waals surface area contributed by atoms with Gasteiger partial charge in [0.05, 0.1) is 31.4 Å². The lowest BCUT2D eigenvalue weighted by Crippen LogP contribution is -2.70. The number of carbonyl (C=O) groups is 3. The molecular formula is C44H64N2O10. The van der Waals surface area contributed by atoms with Crippen LogP contribution in [0.2, 0.25) is 0 Å². The number of epoxide rings is 1. The highest BCUT2D eigenvalue weighted by atomic mass is 16.8. The molecule has 1 aromatic rings. The predicted octanol–water partition coefficient (Wildman–Crippen LogP) is 6.31. The highest BCUT2D eigenvalue weighted by molar-refractivity contribution is 5.93. The molecule has 6 fully saturated rings. The second-order valence-electron chi connectivity index (χ2n) is 18.0. The molecule has 2 saturated carbocycles. The molecule has 3 unspecified atom stereocenters. The maximum absolute atomic E-state index is 15.0. The van der Waals surface area contributed by atoms with Gasteiger partial charge in [0.1, 0.15) is 35.4 Å². The van der Waals surface area contributed by atoms with Crippen LogP contribution in [0.4, 0.5) is 0 Å². The van der Waals surface area contributed by atoms with Crippen LogP contribution in [0.5, 0.6) is 0 Å². The molecule has 4 saturated heterocycles. The first-order chi connectivity index (χ1) is 26.9. The van der Waals surface area contributed by atoms with E-state index in [9.17, 15) is 19.5 Å². The predicted molar refractivity (Wildman–Crippen MR) is 207 cm³/mol. The number of aliphatic hydroxyl groups excluding tert-OH is 1. The minimum atomic E-state index is -1.40. The second-order valence-corrected chi connectivity index (χ2v) is 18.0. The van der Waals surface area contributed by atoms with Crippen molar-refractivity contribution in [1.29, 1.82) is 0 Å². The van der Waals surface area contributed by atoms with Gasteiger partial charge in [0.2, 0.25) is 5.91 Å². The van der Waals surface area contributed by atoms with Crippen LogP contribution in [-0.2, 0) is 49.5 Å². The minimum Gasteiger partial charge on any atom is -0.460 e. The van der Waals surface area contributed by atoms with E-state index in [2.05, 4.69) is 37.4 Å². The van der Waals surface area contributed by atoms with E-state index < -0.39 is 77.8 Å². The number of unbranched alkanes of at least 4 members (excludes halogenated alkanes) is 4. The van der Waals surface area contributed by atoms with Crippen LogP contribution in [0, 0.1) is 11.3 Å². The summed E-state index contributed by atoms with van der Waals surface area (Å²) in [4.78, 5) is 48.8. The standard InChI is InChI=1S/C44H64N2O10/c1-6-8-12-22-43(23-13-9-7-2)54-36-34-25-44(41(50)45-31(27-47)19-21-35(48)53-42(3,4)5)38(40(49)52-34)46(56-39(44)37(36)55-43)26-30-15-11-10-14-29(30)18-16-28-17-20-32-33(24-28)51-32/h10-11,14-16,18,28,31-34,36-39,47H,6-9,12-13,17,19-27H2,1-5H3,(H,45,50)/t28?,31-,32?,33?,34+,36-,37-,38+,39+,44+/m0/s1. The van der Waals surface area contributed by atoms with Gasteiger partial charge in [-0.1, -0.05) is 75.9 Å². The zero-order valence-corrected chi connectivity index (χ0v) is 34.0. The number of hydroxylamine groups is 2. The highest BCUT2D eigenvalue weighted by Crippen LogP contribution is 2.58. The van der Waals surface area contributed by atoms with Crippen molar-refractivity contribution in [2.75, 3.05) is 6.61 Å². The molecule has 0 radical (unpaired) electrons. The molecule has 12 nitrogen and oxygen atoms in total. The van der Waals surface area contributed by atoms with E-state index in [4.69, 9.17) is 28.5 Å². The lowest BCUT2D eigenvalue weighted by molar-refractivity contribution is -0.224. The molecule has 10 atom stereocenters. The first-order valence-corrected chi connectivity index (χ1v) is 21.4. The Kier molecular flexibility index (Phi) is 12.7.